The third-order valence-corrected chi connectivity index (χ3v) is 4.84. The van der Waals surface area contributed by atoms with Crippen LogP contribution in [0.15, 0.2) is 53.1 Å². The Morgan fingerprint density at radius 3 is 2.90 bits per heavy atom. The number of carbonyl (C=O) groups is 1. The lowest BCUT2D eigenvalue weighted by atomic mass is 9.98. The van der Waals surface area contributed by atoms with Gasteiger partial charge in [-0.1, -0.05) is 11.2 Å². The van der Waals surface area contributed by atoms with Crippen LogP contribution >= 0.6 is 0 Å². The zero-order chi connectivity index (χ0) is 20.2. The quantitative estimate of drug-likeness (QED) is 0.723. The SMILES string of the molecule is N#Cc1cccc(NC(=O)N2CCCC(c3nc(-c4ccc(F)cc4)no3)C2)c1. The number of hydrogen-bond acceptors (Lipinski definition) is 5. The molecule has 1 aromatic heterocycles. The molecule has 7 nitrogen and oxygen atoms in total. The monoisotopic (exact) mass is 391 g/mol. The average molecular weight is 391 g/mol. The third kappa shape index (κ3) is 4.24. The van der Waals surface area contributed by atoms with Crippen molar-refractivity contribution in [2.75, 3.05) is 18.4 Å². The molecule has 8 heteroatoms. The Morgan fingerprint density at radius 1 is 1.28 bits per heavy atom. The summed E-state index contributed by atoms with van der Waals surface area (Å²) in [6, 6.07) is 14.5. The molecule has 0 radical (unpaired) electrons. The topological polar surface area (TPSA) is 95.1 Å². The number of carbonyl (C=O) groups excluding carboxylic acids is 1. The standard InChI is InChI=1S/C21H18FN5O2/c22-17-8-6-15(7-9-17)19-25-20(29-26-19)16-4-2-10-27(13-16)21(28)24-18-5-1-3-14(11-18)12-23/h1,3,5-9,11,16H,2,4,10,13H2,(H,24,28). The summed E-state index contributed by atoms with van der Waals surface area (Å²) in [7, 11) is 0. The summed E-state index contributed by atoms with van der Waals surface area (Å²) in [5, 5.41) is 15.8. The molecule has 2 heterocycles. The largest absolute Gasteiger partial charge is 0.339 e. The number of urea groups is 1. The van der Waals surface area contributed by atoms with Gasteiger partial charge >= 0.3 is 6.03 Å². The van der Waals surface area contributed by atoms with E-state index < -0.39 is 0 Å². The third-order valence-electron chi connectivity index (χ3n) is 4.84. The van der Waals surface area contributed by atoms with Crippen LogP contribution in [-0.4, -0.2) is 34.2 Å². The molecule has 1 fully saturated rings. The summed E-state index contributed by atoms with van der Waals surface area (Å²) in [6.07, 6.45) is 1.64. The summed E-state index contributed by atoms with van der Waals surface area (Å²) < 4.78 is 18.5. The molecule has 1 saturated heterocycles. The second-order valence-electron chi connectivity index (χ2n) is 6.87. The van der Waals surface area contributed by atoms with Crippen LogP contribution in [0.2, 0.25) is 0 Å². The number of nitriles is 1. The van der Waals surface area contributed by atoms with E-state index in [0.717, 1.165) is 12.8 Å². The number of anilines is 1. The Balaban J connectivity index is 1.43. The molecule has 1 N–H and O–H groups in total. The molecule has 0 bridgehead atoms. The van der Waals surface area contributed by atoms with Crippen molar-refractivity contribution in [3.63, 3.8) is 0 Å². The minimum Gasteiger partial charge on any atom is -0.339 e. The van der Waals surface area contributed by atoms with Crippen LogP contribution in [0, 0.1) is 17.1 Å². The van der Waals surface area contributed by atoms with Gasteiger partial charge in [-0.2, -0.15) is 10.2 Å². The molecule has 1 unspecified atom stereocenters. The van der Waals surface area contributed by atoms with Crippen LogP contribution in [0.25, 0.3) is 11.4 Å². The fraction of sp³-hybridized carbons (Fsp3) is 0.238. The molecule has 2 aromatic carbocycles. The highest BCUT2D eigenvalue weighted by atomic mass is 19.1. The average Bonchev–Trinajstić information content (AvgIpc) is 3.25. The number of halogens is 1. The van der Waals surface area contributed by atoms with Crippen LogP contribution < -0.4 is 5.32 Å². The fourth-order valence-corrected chi connectivity index (χ4v) is 3.35. The molecule has 0 aliphatic carbocycles. The number of piperidine rings is 1. The lowest BCUT2D eigenvalue weighted by Gasteiger charge is -2.31. The predicted octanol–water partition coefficient (Wildman–Crippen LogP) is 4.16. The first-order valence-electron chi connectivity index (χ1n) is 9.28. The highest BCUT2D eigenvalue weighted by Gasteiger charge is 2.28. The maximum absolute atomic E-state index is 13.1. The van der Waals surface area contributed by atoms with E-state index in [9.17, 15) is 9.18 Å². The smallest absolute Gasteiger partial charge is 0.321 e. The Labute approximate surface area is 166 Å². The van der Waals surface area contributed by atoms with Crippen molar-refractivity contribution in [3.8, 4) is 17.5 Å². The fourth-order valence-electron chi connectivity index (χ4n) is 3.35. The molecular formula is C21H18FN5O2. The van der Waals surface area contributed by atoms with Gasteiger partial charge in [0, 0.05) is 24.3 Å². The number of nitrogens with one attached hydrogen (secondary N) is 1. The number of nitrogens with zero attached hydrogens (tertiary/aromatic N) is 4. The molecule has 1 aliphatic rings. The molecule has 0 saturated carbocycles. The number of benzene rings is 2. The number of aromatic nitrogens is 2. The zero-order valence-electron chi connectivity index (χ0n) is 15.5. The molecule has 146 valence electrons. The summed E-state index contributed by atoms with van der Waals surface area (Å²) in [6.45, 7) is 1.08. The van der Waals surface area contributed by atoms with E-state index in [1.165, 1.54) is 12.1 Å². The molecule has 3 aromatic rings. The highest BCUT2D eigenvalue weighted by Crippen LogP contribution is 2.28. The van der Waals surface area contributed by atoms with Gasteiger partial charge in [0.15, 0.2) is 0 Å². The van der Waals surface area contributed by atoms with Gasteiger partial charge in [0.2, 0.25) is 11.7 Å². The molecule has 2 amide bonds. The van der Waals surface area contributed by atoms with Crippen LogP contribution in [0.3, 0.4) is 0 Å². The van der Waals surface area contributed by atoms with E-state index in [-0.39, 0.29) is 17.8 Å². The summed E-state index contributed by atoms with van der Waals surface area (Å²) in [5.74, 6) is 0.469. The highest BCUT2D eigenvalue weighted by molar-refractivity contribution is 5.89. The van der Waals surface area contributed by atoms with Gasteiger partial charge in [0.05, 0.1) is 17.6 Å². The molecule has 1 aliphatic heterocycles. The summed E-state index contributed by atoms with van der Waals surface area (Å²) in [4.78, 5) is 18.8. The Morgan fingerprint density at radius 2 is 2.10 bits per heavy atom. The number of likely N-dealkylation sites (tertiary alicyclic amines) is 1. The molecule has 1 atom stereocenters. The van der Waals surface area contributed by atoms with Crippen molar-refractivity contribution < 1.29 is 13.7 Å². The van der Waals surface area contributed by atoms with Gasteiger partial charge in [0.25, 0.3) is 0 Å². The first kappa shape index (κ1) is 18.6. The normalized spacial score (nSPS) is 16.3. The van der Waals surface area contributed by atoms with Crippen LogP contribution in [0.4, 0.5) is 14.9 Å². The first-order valence-corrected chi connectivity index (χ1v) is 9.28. The summed E-state index contributed by atoms with van der Waals surface area (Å²) >= 11 is 0. The van der Waals surface area contributed by atoms with E-state index in [4.69, 9.17) is 9.78 Å². The Kier molecular flexibility index (Phi) is 5.20. The van der Waals surface area contributed by atoms with Gasteiger partial charge in [-0.05, 0) is 55.3 Å². The minimum absolute atomic E-state index is 0.0679. The molecule has 4 rings (SSSR count). The summed E-state index contributed by atoms with van der Waals surface area (Å²) in [5.41, 5.74) is 1.73. The van der Waals surface area contributed by atoms with Crippen molar-refractivity contribution in [2.45, 2.75) is 18.8 Å². The van der Waals surface area contributed by atoms with Gasteiger partial charge < -0.3 is 14.7 Å². The second-order valence-corrected chi connectivity index (χ2v) is 6.87. The van der Waals surface area contributed by atoms with Crippen molar-refractivity contribution in [1.29, 1.82) is 5.26 Å². The Bertz CT molecular complexity index is 1060. The van der Waals surface area contributed by atoms with E-state index in [0.29, 0.717) is 41.6 Å². The van der Waals surface area contributed by atoms with Crippen LogP contribution in [0.1, 0.15) is 30.2 Å². The van der Waals surface area contributed by atoms with Crippen LogP contribution in [0.5, 0.6) is 0 Å². The molecular weight excluding hydrogens is 373 g/mol. The minimum atomic E-state index is -0.327. The van der Waals surface area contributed by atoms with Crippen molar-refractivity contribution >= 4 is 11.7 Å². The van der Waals surface area contributed by atoms with Crippen molar-refractivity contribution in [1.82, 2.24) is 15.0 Å². The van der Waals surface area contributed by atoms with E-state index in [1.54, 1.807) is 41.3 Å². The van der Waals surface area contributed by atoms with Gasteiger partial charge in [-0.25, -0.2) is 9.18 Å². The first-order chi connectivity index (χ1) is 14.1. The van der Waals surface area contributed by atoms with Gasteiger partial charge in [-0.15, -0.1) is 0 Å². The molecule has 29 heavy (non-hydrogen) atoms. The predicted molar refractivity (Wildman–Crippen MR) is 103 cm³/mol. The van der Waals surface area contributed by atoms with Gasteiger partial charge in [-0.3, -0.25) is 0 Å². The number of amides is 2. The van der Waals surface area contributed by atoms with Crippen molar-refractivity contribution in [3.05, 3.63) is 65.8 Å². The maximum atomic E-state index is 13.1. The van der Waals surface area contributed by atoms with E-state index in [2.05, 4.69) is 21.5 Å². The lowest BCUT2D eigenvalue weighted by molar-refractivity contribution is 0.184. The van der Waals surface area contributed by atoms with E-state index in [1.807, 2.05) is 0 Å². The van der Waals surface area contributed by atoms with Crippen LogP contribution in [-0.2, 0) is 0 Å². The Hall–Kier alpha value is -3.73. The van der Waals surface area contributed by atoms with Gasteiger partial charge in [0.1, 0.15) is 5.82 Å². The zero-order valence-corrected chi connectivity index (χ0v) is 15.5. The van der Waals surface area contributed by atoms with E-state index >= 15 is 0 Å². The second kappa shape index (κ2) is 8.10. The number of rotatable bonds is 3. The maximum Gasteiger partial charge on any atom is 0.321 e. The van der Waals surface area contributed by atoms with Crippen molar-refractivity contribution in [2.24, 2.45) is 0 Å². The molecule has 0 spiro atoms. The lowest BCUT2D eigenvalue weighted by Crippen LogP contribution is -2.41. The number of hydrogen-bond donors (Lipinski definition) is 1.